The lowest BCUT2D eigenvalue weighted by molar-refractivity contribution is -0.123. The summed E-state index contributed by atoms with van der Waals surface area (Å²) in [5.74, 6) is -0.647. The first kappa shape index (κ1) is 18.3. The van der Waals surface area contributed by atoms with Crippen LogP contribution in [0.15, 0.2) is 36.0 Å². The van der Waals surface area contributed by atoms with E-state index in [1.807, 2.05) is 11.0 Å². The van der Waals surface area contributed by atoms with Crippen molar-refractivity contribution in [3.8, 4) is 11.8 Å². The molecule has 0 aliphatic carbocycles. The summed E-state index contributed by atoms with van der Waals surface area (Å²) in [5.41, 5.74) is 6.32. The number of carbonyl (C=O) groups is 2. The lowest BCUT2D eigenvalue weighted by atomic mass is 9.96. The molecule has 25 heavy (non-hydrogen) atoms. The maximum absolute atomic E-state index is 12.1. The molecular weight excluding hydrogens is 320 g/mol. The summed E-state index contributed by atoms with van der Waals surface area (Å²) in [6.45, 7) is 1.59. The number of rotatable bonds is 6. The number of hydrogen-bond donors (Lipinski definition) is 3. The molecule has 7 heteroatoms. The first-order valence-corrected chi connectivity index (χ1v) is 8.21. The Balaban J connectivity index is 1.83. The zero-order valence-electron chi connectivity index (χ0n) is 13.9. The second-order valence-electron chi connectivity index (χ2n) is 6.04. The van der Waals surface area contributed by atoms with Crippen LogP contribution in [0, 0.1) is 17.2 Å². The average Bonchev–Trinajstić information content (AvgIpc) is 2.61. The first-order chi connectivity index (χ1) is 12.0. The maximum Gasteiger partial charge on any atom is 0.263 e. The van der Waals surface area contributed by atoms with Crippen LogP contribution < -0.4 is 11.1 Å². The van der Waals surface area contributed by atoms with Gasteiger partial charge in [0.25, 0.3) is 5.91 Å². The van der Waals surface area contributed by atoms with Crippen LogP contribution in [0.4, 0.5) is 0 Å². The molecule has 1 aliphatic heterocycles. The van der Waals surface area contributed by atoms with Gasteiger partial charge in [0.1, 0.15) is 17.4 Å². The third-order valence-electron chi connectivity index (χ3n) is 4.24. The van der Waals surface area contributed by atoms with Gasteiger partial charge in [0.2, 0.25) is 5.91 Å². The molecule has 0 unspecified atom stereocenters. The van der Waals surface area contributed by atoms with Gasteiger partial charge in [0.15, 0.2) is 0 Å². The number of benzene rings is 1. The number of phenolic OH excluding ortho intramolecular Hbond substituents is 1. The highest BCUT2D eigenvalue weighted by molar-refractivity contribution is 5.97. The van der Waals surface area contributed by atoms with E-state index in [2.05, 4.69) is 5.32 Å². The van der Waals surface area contributed by atoms with E-state index < -0.39 is 5.91 Å². The van der Waals surface area contributed by atoms with Crippen LogP contribution in [0.1, 0.15) is 18.4 Å². The Labute approximate surface area is 146 Å². The van der Waals surface area contributed by atoms with Crippen molar-refractivity contribution in [1.82, 2.24) is 10.2 Å². The van der Waals surface area contributed by atoms with Gasteiger partial charge in [-0.05, 0) is 37.0 Å². The predicted octanol–water partition coefficient (Wildman–Crippen LogP) is 0.656. The highest BCUT2D eigenvalue weighted by atomic mass is 16.3. The summed E-state index contributed by atoms with van der Waals surface area (Å²) < 4.78 is 0. The molecule has 1 aromatic carbocycles. The van der Waals surface area contributed by atoms with Crippen LogP contribution in [-0.2, 0) is 16.0 Å². The molecule has 7 nitrogen and oxygen atoms in total. The topological polar surface area (TPSA) is 119 Å². The van der Waals surface area contributed by atoms with Crippen molar-refractivity contribution in [3.63, 3.8) is 0 Å². The molecule has 0 bridgehead atoms. The Morgan fingerprint density at radius 2 is 1.96 bits per heavy atom. The Morgan fingerprint density at radius 1 is 1.32 bits per heavy atom. The summed E-state index contributed by atoms with van der Waals surface area (Å²) in [6.07, 6.45) is 3.42. The van der Waals surface area contributed by atoms with E-state index in [1.165, 1.54) is 0 Å². The lowest BCUT2D eigenvalue weighted by Gasteiger charge is -2.29. The van der Waals surface area contributed by atoms with Gasteiger partial charge in [-0.15, -0.1) is 0 Å². The minimum Gasteiger partial charge on any atom is -0.508 e. The smallest absolute Gasteiger partial charge is 0.263 e. The summed E-state index contributed by atoms with van der Waals surface area (Å²) in [4.78, 5) is 25.2. The van der Waals surface area contributed by atoms with E-state index in [0.717, 1.165) is 5.56 Å². The number of hydrogen-bond acceptors (Lipinski definition) is 5. The molecule has 2 amide bonds. The number of likely N-dealkylation sites (tertiary alicyclic amines) is 1. The molecular formula is C18H22N4O3. The van der Waals surface area contributed by atoms with E-state index in [0.29, 0.717) is 38.9 Å². The molecule has 1 saturated heterocycles. The summed E-state index contributed by atoms with van der Waals surface area (Å²) >= 11 is 0. The molecule has 1 aromatic rings. The van der Waals surface area contributed by atoms with Gasteiger partial charge in [0, 0.05) is 31.8 Å². The third kappa shape index (κ3) is 5.53. The summed E-state index contributed by atoms with van der Waals surface area (Å²) in [6, 6.07) is 8.67. The number of carbonyl (C=O) groups excluding carboxylic acids is 2. The Morgan fingerprint density at radius 3 is 2.52 bits per heavy atom. The molecule has 2 rings (SSSR count). The monoisotopic (exact) mass is 342 g/mol. The normalized spacial score (nSPS) is 15.5. The first-order valence-electron chi connectivity index (χ1n) is 8.21. The standard InChI is InChI=1S/C18H22N4O3/c19-11-15(12-22-9-6-14(7-10-22)17(20)24)18(25)21-8-5-13-1-3-16(23)4-2-13/h1-4,12,14,23H,5-10H2,(H2,20,24)(H,21,25)/b15-12-. The number of nitrogens with zero attached hydrogens (tertiary/aromatic N) is 2. The van der Waals surface area contributed by atoms with Crippen LogP contribution in [0.3, 0.4) is 0 Å². The predicted molar refractivity (Wildman–Crippen MR) is 92.0 cm³/mol. The minimum atomic E-state index is -0.418. The fraction of sp³-hybridized carbons (Fsp3) is 0.389. The van der Waals surface area contributed by atoms with Crippen LogP contribution >= 0.6 is 0 Å². The van der Waals surface area contributed by atoms with Crippen LogP contribution in [0.2, 0.25) is 0 Å². The maximum atomic E-state index is 12.1. The largest absolute Gasteiger partial charge is 0.508 e. The van der Waals surface area contributed by atoms with Gasteiger partial charge in [-0.3, -0.25) is 9.59 Å². The van der Waals surface area contributed by atoms with E-state index in [-0.39, 0.29) is 23.1 Å². The number of piperidine rings is 1. The van der Waals surface area contributed by atoms with E-state index in [9.17, 15) is 20.0 Å². The third-order valence-corrected chi connectivity index (χ3v) is 4.24. The number of primary amides is 1. The number of nitriles is 1. The number of nitrogens with two attached hydrogens (primary N) is 1. The molecule has 132 valence electrons. The van der Waals surface area contributed by atoms with Gasteiger partial charge in [0.05, 0.1) is 0 Å². The molecule has 4 N–H and O–H groups in total. The quantitative estimate of drug-likeness (QED) is 0.518. The number of phenols is 1. The van der Waals surface area contributed by atoms with Crippen molar-refractivity contribution in [2.75, 3.05) is 19.6 Å². The molecule has 0 aromatic heterocycles. The van der Waals surface area contributed by atoms with Gasteiger partial charge >= 0.3 is 0 Å². The summed E-state index contributed by atoms with van der Waals surface area (Å²) in [5, 5.41) is 21.2. The van der Waals surface area contributed by atoms with Crippen LogP contribution in [0.5, 0.6) is 5.75 Å². The Hall–Kier alpha value is -3.01. The van der Waals surface area contributed by atoms with Crippen molar-refractivity contribution >= 4 is 11.8 Å². The summed E-state index contributed by atoms with van der Waals surface area (Å²) in [7, 11) is 0. The van der Waals surface area contributed by atoms with Crippen molar-refractivity contribution in [2.45, 2.75) is 19.3 Å². The second kappa shape index (κ2) is 8.73. The molecule has 0 atom stereocenters. The van der Waals surface area contributed by atoms with Gasteiger partial charge in [-0.25, -0.2) is 0 Å². The number of aromatic hydroxyl groups is 1. The fourth-order valence-corrected chi connectivity index (χ4v) is 2.71. The van der Waals surface area contributed by atoms with Crippen molar-refractivity contribution in [2.24, 2.45) is 11.7 Å². The zero-order valence-corrected chi connectivity index (χ0v) is 13.9. The highest BCUT2D eigenvalue weighted by Crippen LogP contribution is 2.17. The average molecular weight is 342 g/mol. The van der Waals surface area contributed by atoms with Gasteiger partial charge in [-0.2, -0.15) is 5.26 Å². The van der Waals surface area contributed by atoms with Crippen LogP contribution in [-0.4, -0.2) is 41.5 Å². The van der Waals surface area contributed by atoms with Crippen molar-refractivity contribution < 1.29 is 14.7 Å². The second-order valence-corrected chi connectivity index (χ2v) is 6.04. The fourth-order valence-electron chi connectivity index (χ4n) is 2.71. The number of nitrogens with one attached hydrogen (secondary N) is 1. The minimum absolute atomic E-state index is 0.0447. The lowest BCUT2D eigenvalue weighted by Crippen LogP contribution is -2.36. The molecule has 0 saturated carbocycles. The molecule has 0 spiro atoms. The highest BCUT2D eigenvalue weighted by Gasteiger charge is 2.22. The van der Waals surface area contributed by atoms with Crippen molar-refractivity contribution in [1.29, 1.82) is 5.26 Å². The Kier molecular flexibility index (Phi) is 6.40. The number of amides is 2. The molecule has 1 fully saturated rings. The van der Waals surface area contributed by atoms with E-state index in [1.54, 1.807) is 30.5 Å². The SMILES string of the molecule is N#C/C(=C/N1CCC(C(N)=O)CC1)C(=O)NCCc1ccc(O)cc1. The molecule has 1 aliphatic rings. The zero-order chi connectivity index (χ0) is 18.2. The Bertz CT molecular complexity index is 683. The van der Waals surface area contributed by atoms with Gasteiger partial charge < -0.3 is 21.1 Å². The van der Waals surface area contributed by atoms with Crippen LogP contribution in [0.25, 0.3) is 0 Å². The van der Waals surface area contributed by atoms with E-state index >= 15 is 0 Å². The van der Waals surface area contributed by atoms with E-state index in [4.69, 9.17) is 5.73 Å². The molecule has 1 heterocycles. The van der Waals surface area contributed by atoms with Crippen molar-refractivity contribution in [3.05, 3.63) is 41.6 Å². The molecule has 0 radical (unpaired) electrons. The van der Waals surface area contributed by atoms with Gasteiger partial charge in [-0.1, -0.05) is 12.1 Å².